The average molecular weight is 648 g/mol. The SMILES string of the molecule is CONNCCCCCC(=O)O[C@H]1[C@@H](C)/C=C\C/C(C)=C\C[C@@H](/C(C)=C/c2csc(C)n2)OC(=O)C[C@H](O)C(C)(C)C(=O)[C@@H]1C. The number of nitrogens with zero attached hydrogens (tertiary/aromatic N) is 1. The Labute approximate surface area is 272 Å². The minimum atomic E-state index is -1.29. The van der Waals surface area contributed by atoms with E-state index in [9.17, 15) is 19.5 Å². The molecular weight excluding hydrogens is 594 g/mol. The molecule has 0 fully saturated rings. The van der Waals surface area contributed by atoms with Crippen LogP contribution in [0, 0.1) is 24.2 Å². The summed E-state index contributed by atoms with van der Waals surface area (Å²) >= 11 is 1.55. The third-order valence-corrected chi connectivity index (χ3v) is 9.02. The number of ketones is 1. The summed E-state index contributed by atoms with van der Waals surface area (Å²) in [6, 6.07) is 0. The van der Waals surface area contributed by atoms with Crippen LogP contribution in [-0.4, -0.2) is 59.8 Å². The first-order valence-corrected chi connectivity index (χ1v) is 16.7. The standard InChI is InChI=1S/C34H53N3O7S/c1-22-13-12-14-23(2)32(44-30(39)15-10-9-11-18-35-37-42-8)25(4)33(41)34(6,7)29(38)20-31(40)43-28(17-16-22)24(3)19-27-21-45-26(5)36-27/h12,14,16,19,21,23,25,28-29,32,35,37-38H,9-11,13,15,17-18,20H2,1-8H3/b14-12-,22-16-,24-19+/t23-,25+,28-,29-,32-/m0/s1. The number of aryl methyl sites for hydroxylation is 1. The van der Waals surface area contributed by atoms with Gasteiger partial charge in [0.2, 0.25) is 0 Å². The Bertz CT molecular complexity index is 1210. The molecule has 5 atom stereocenters. The van der Waals surface area contributed by atoms with Crippen LogP contribution < -0.4 is 11.0 Å². The van der Waals surface area contributed by atoms with Crippen molar-refractivity contribution in [2.75, 3.05) is 13.7 Å². The lowest BCUT2D eigenvalue weighted by Crippen LogP contribution is -2.46. The largest absolute Gasteiger partial charge is 0.461 e. The summed E-state index contributed by atoms with van der Waals surface area (Å²) in [5, 5.41) is 14.1. The van der Waals surface area contributed by atoms with Crippen LogP contribution in [0.5, 0.6) is 0 Å². The number of nitrogens with one attached hydrogen (secondary N) is 2. The van der Waals surface area contributed by atoms with Gasteiger partial charge in [-0.1, -0.05) is 57.9 Å². The molecule has 1 aliphatic rings. The van der Waals surface area contributed by atoms with Gasteiger partial charge in [-0.25, -0.2) is 10.4 Å². The third kappa shape index (κ3) is 12.9. The Morgan fingerprint density at radius 3 is 2.62 bits per heavy atom. The number of allylic oxidation sites excluding steroid dienone is 2. The van der Waals surface area contributed by atoms with Crippen molar-refractivity contribution in [3.05, 3.63) is 45.5 Å². The van der Waals surface area contributed by atoms with Crippen molar-refractivity contribution in [3.8, 4) is 0 Å². The molecule has 0 saturated heterocycles. The van der Waals surface area contributed by atoms with Gasteiger partial charge in [0.1, 0.15) is 18.0 Å². The summed E-state index contributed by atoms with van der Waals surface area (Å²) in [5.41, 5.74) is 6.89. The second-order valence-corrected chi connectivity index (χ2v) is 13.6. The Hall–Kier alpha value is -2.70. The molecule has 0 bridgehead atoms. The summed E-state index contributed by atoms with van der Waals surface area (Å²) in [7, 11) is 1.52. The fourth-order valence-corrected chi connectivity index (χ4v) is 5.82. The Balaban J connectivity index is 2.26. The van der Waals surface area contributed by atoms with Gasteiger partial charge in [-0.05, 0) is 51.7 Å². The molecule has 0 amide bonds. The maximum Gasteiger partial charge on any atom is 0.309 e. The van der Waals surface area contributed by atoms with Gasteiger partial charge in [-0.15, -0.1) is 16.9 Å². The van der Waals surface area contributed by atoms with E-state index in [2.05, 4.69) is 16.0 Å². The van der Waals surface area contributed by atoms with Crippen LogP contribution in [0.1, 0.15) is 97.2 Å². The van der Waals surface area contributed by atoms with Crippen LogP contribution in [0.2, 0.25) is 0 Å². The number of aliphatic hydroxyl groups is 1. The first-order valence-electron chi connectivity index (χ1n) is 15.8. The molecule has 2 heterocycles. The van der Waals surface area contributed by atoms with Gasteiger partial charge in [0.25, 0.3) is 0 Å². The number of unbranched alkanes of at least 4 members (excludes halogenated alkanes) is 2. The van der Waals surface area contributed by atoms with Gasteiger partial charge in [0.15, 0.2) is 0 Å². The van der Waals surface area contributed by atoms with Gasteiger partial charge in [-0.3, -0.25) is 19.2 Å². The number of aliphatic hydroxyl groups excluding tert-OH is 1. The highest BCUT2D eigenvalue weighted by Crippen LogP contribution is 2.33. The van der Waals surface area contributed by atoms with E-state index in [1.165, 1.54) is 7.11 Å². The summed E-state index contributed by atoms with van der Waals surface area (Å²) < 4.78 is 11.8. The maximum atomic E-state index is 13.9. The molecule has 0 aromatic carbocycles. The molecule has 0 spiro atoms. The quantitative estimate of drug-likeness (QED) is 0.117. The van der Waals surface area contributed by atoms with Crippen molar-refractivity contribution in [1.82, 2.24) is 16.0 Å². The number of cyclic esters (lactones) is 1. The molecule has 1 aliphatic heterocycles. The van der Waals surface area contributed by atoms with E-state index in [1.807, 2.05) is 57.4 Å². The van der Waals surface area contributed by atoms with Gasteiger partial charge < -0.3 is 14.6 Å². The van der Waals surface area contributed by atoms with E-state index in [-0.39, 0.29) is 30.5 Å². The molecule has 0 aliphatic carbocycles. The number of carbonyl (C=O) groups is 3. The second kappa shape index (κ2) is 19.1. The van der Waals surface area contributed by atoms with Crippen molar-refractivity contribution in [2.24, 2.45) is 17.3 Å². The summed E-state index contributed by atoms with van der Waals surface area (Å²) in [5.74, 6) is -2.21. The molecule has 10 nitrogen and oxygen atoms in total. The van der Waals surface area contributed by atoms with Gasteiger partial charge in [-0.2, -0.15) is 0 Å². The second-order valence-electron chi connectivity index (χ2n) is 12.5. The molecule has 1 aromatic rings. The molecule has 1 aromatic heterocycles. The van der Waals surface area contributed by atoms with Crippen molar-refractivity contribution in [1.29, 1.82) is 0 Å². The zero-order valence-corrected chi connectivity index (χ0v) is 29.0. The molecule has 252 valence electrons. The lowest BCUT2D eigenvalue weighted by atomic mass is 9.73. The molecule has 0 radical (unpaired) electrons. The lowest BCUT2D eigenvalue weighted by molar-refractivity contribution is -0.159. The number of hydrazine groups is 1. The summed E-state index contributed by atoms with van der Waals surface area (Å²) in [6.07, 6.45) is 8.73. The third-order valence-electron chi connectivity index (χ3n) is 8.23. The van der Waals surface area contributed by atoms with E-state index in [0.29, 0.717) is 25.8 Å². The van der Waals surface area contributed by atoms with Crippen molar-refractivity contribution in [2.45, 2.75) is 112 Å². The van der Waals surface area contributed by atoms with Crippen molar-refractivity contribution < 1.29 is 33.8 Å². The monoisotopic (exact) mass is 647 g/mol. The number of ether oxygens (including phenoxy) is 2. The molecule has 11 heteroatoms. The van der Waals surface area contributed by atoms with Gasteiger partial charge in [0, 0.05) is 30.7 Å². The Morgan fingerprint density at radius 2 is 1.96 bits per heavy atom. The number of hydrogen-bond acceptors (Lipinski definition) is 11. The summed E-state index contributed by atoms with van der Waals surface area (Å²) in [4.78, 5) is 49.1. The Kier molecular flexibility index (Phi) is 16.3. The predicted molar refractivity (Wildman–Crippen MR) is 177 cm³/mol. The molecule has 45 heavy (non-hydrogen) atoms. The van der Waals surface area contributed by atoms with Crippen LogP contribution in [0.3, 0.4) is 0 Å². The van der Waals surface area contributed by atoms with Crippen LogP contribution >= 0.6 is 11.3 Å². The fraction of sp³-hybridized carbons (Fsp3) is 0.647. The van der Waals surface area contributed by atoms with E-state index in [4.69, 9.17) is 14.3 Å². The fourth-order valence-electron chi connectivity index (χ4n) is 5.25. The predicted octanol–water partition coefficient (Wildman–Crippen LogP) is 5.81. The maximum absolute atomic E-state index is 13.9. The highest BCUT2D eigenvalue weighted by molar-refractivity contribution is 7.09. The minimum absolute atomic E-state index is 0.238. The van der Waals surface area contributed by atoms with E-state index >= 15 is 0 Å². The molecule has 0 saturated carbocycles. The van der Waals surface area contributed by atoms with Crippen LogP contribution in [0.4, 0.5) is 0 Å². The highest BCUT2D eigenvalue weighted by Gasteiger charge is 2.43. The number of carbonyl (C=O) groups excluding carboxylic acids is 3. The molecule has 3 N–H and O–H groups in total. The van der Waals surface area contributed by atoms with Crippen LogP contribution in [0.15, 0.2) is 34.8 Å². The zero-order valence-electron chi connectivity index (χ0n) is 28.2. The summed E-state index contributed by atoms with van der Waals surface area (Å²) in [6.45, 7) is 13.4. The number of hydrogen-bond donors (Lipinski definition) is 3. The first-order chi connectivity index (χ1) is 21.3. The number of Topliss-reactive ketones (excluding diaryl/α,β-unsaturated/α-hetero) is 1. The zero-order chi connectivity index (χ0) is 33.6. The highest BCUT2D eigenvalue weighted by atomic mass is 32.1. The number of aromatic nitrogens is 1. The van der Waals surface area contributed by atoms with Crippen LogP contribution in [0.25, 0.3) is 6.08 Å². The van der Waals surface area contributed by atoms with Crippen molar-refractivity contribution >= 4 is 35.1 Å². The lowest BCUT2D eigenvalue weighted by Gasteiger charge is -2.35. The molecule has 2 rings (SSSR count). The van der Waals surface area contributed by atoms with Gasteiger partial charge >= 0.3 is 11.9 Å². The number of rotatable bonds is 11. The first kappa shape index (κ1) is 38.5. The minimum Gasteiger partial charge on any atom is -0.461 e. The van der Waals surface area contributed by atoms with E-state index in [1.54, 1.807) is 32.1 Å². The van der Waals surface area contributed by atoms with Crippen molar-refractivity contribution in [3.63, 3.8) is 0 Å². The Morgan fingerprint density at radius 1 is 1.22 bits per heavy atom. The van der Waals surface area contributed by atoms with E-state index < -0.39 is 35.6 Å². The topological polar surface area (TPSA) is 136 Å². The molecular formula is C34H53N3O7S. The van der Waals surface area contributed by atoms with E-state index in [0.717, 1.165) is 34.7 Å². The normalized spacial score (nSPS) is 27.4. The van der Waals surface area contributed by atoms with Crippen LogP contribution in [-0.2, 0) is 28.7 Å². The smallest absolute Gasteiger partial charge is 0.309 e. The number of thiazole rings is 1. The van der Waals surface area contributed by atoms with Gasteiger partial charge in [0.05, 0.1) is 41.7 Å². The molecule has 0 unspecified atom stereocenters. The average Bonchev–Trinajstić information content (AvgIpc) is 3.39. The number of esters is 2.